The van der Waals surface area contributed by atoms with Crippen molar-refractivity contribution >= 4 is 82.9 Å². The van der Waals surface area contributed by atoms with Gasteiger partial charge in [-0.3, -0.25) is 0 Å². The average Bonchev–Trinajstić information content (AvgIpc) is 4.04. The molecule has 0 amide bonds. The summed E-state index contributed by atoms with van der Waals surface area (Å²) in [5.74, 6) is 0. The maximum Gasteiger partial charge on any atom is 0.159 e. The van der Waals surface area contributed by atoms with Crippen LogP contribution in [0.15, 0.2) is 201 Å². The number of anilines is 3. The van der Waals surface area contributed by atoms with Gasteiger partial charge in [-0.1, -0.05) is 147 Å². The highest BCUT2D eigenvalue weighted by Crippen LogP contribution is 2.52. The van der Waals surface area contributed by atoms with E-state index in [4.69, 9.17) is 13.3 Å². The largest absolute Gasteiger partial charge is 0.456 e. The van der Waals surface area contributed by atoms with Crippen molar-refractivity contribution in [3.8, 4) is 33.4 Å². The summed E-state index contributed by atoms with van der Waals surface area (Å²) in [6.07, 6.45) is 0. The van der Waals surface area contributed by atoms with Gasteiger partial charge < -0.3 is 18.2 Å². The summed E-state index contributed by atoms with van der Waals surface area (Å²) in [5, 5.41) is 6.31. The molecule has 0 spiro atoms. The van der Waals surface area contributed by atoms with Crippen molar-refractivity contribution in [2.75, 3.05) is 4.90 Å². The molecular weight excluding hydrogens is 747 g/mol. The van der Waals surface area contributed by atoms with Crippen LogP contribution in [0.3, 0.4) is 0 Å². The van der Waals surface area contributed by atoms with E-state index >= 15 is 0 Å². The highest BCUT2D eigenvalue weighted by Gasteiger charge is 2.36. The van der Waals surface area contributed by atoms with Gasteiger partial charge >= 0.3 is 0 Å². The molecule has 0 unspecified atom stereocenters. The summed E-state index contributed by atoms with van der Waals surface area (Å²) in [6, 6.07) is 66.8. The first-order chi connectivity index (χ1) is 30.0. The van der Waals surface area contributed by atoms with Crippen molar-refractivity contribution in [2.45, 2.75) is 19.3 Å². The molecule has 0 saturated heterocycles. The Labute approximate surface area is 351 Å². The molecule has 13 rings (SSSR count). The molecule has 4 heteroatoms. The van der Waals surface area contributed by atoms with E-state index in [0.29, 0.717) is 0 Å². The summed E-state index contributed by atoms with van der Waals surface area (Å²) in [7, 11) is 0. The number of hydrogen-bond donors (Lipinski definition) is 0. The Kier molecular flexibility index (Phi) is 7.04. The number of rotatable bonds is 5. The lowest BCUT2D eigenvalue weighted by molar-refractivity contribution is 0.660. The first-order valence-electron chi connectivity index (χ1n) is 20.9. The highest BCUT2D eigenvalue weighted by molar-refractivity contribution is 6.24. The molecule has 3 aromatic heterocycles. The van der Waals surface area contributed by atoms with Gasteiger partial charge in [0.25, 0.3) is 0 Å². The number of furan rings is 3. The van der Waals surface area contributed by atoms with Crippen LogP contribution in [-0.2, 0) is 5.41 Å². The third-order valence-electron chi connectivity index (χ3n) is 13.1. The van der Waals surface area contributed by atoms with Crippen LogP contribution in [0.2, 0.25) is 0 Å². The fourth-order valence-corrected chi connectivity index (χ4v) is 10.2. The first-order valence-corrected chi connectivity index (χ1v) is 20.9. The van der Waals surface area contributed by atoms with Crippen molar-refractivity contribution in [3.05, 3.63) is 199 Å². The van der Waals surface area contributed by atoms with E-state index in [-0.39, 0.29) is 5.41 Å². The van der Waals surface area contributed by atoms with E-state index in [1.165, 1.54) is 22.3 Å². The molecule has 1 aliphatic rings. The predicted molar refractivity (Wildman–Crippen MR) is 251 cm³/mol. The SMILES string of the molecule is CC1(C)c2ccccc2-c2ccc(N(c3ccc4c(c3)oc3c(-c5ccccc5-c5ccccc5)c5c(cc34)oc3ccccc35)c3cccc4c3oc3ccccc34)cc21. The van der Waals surface area contributed by atoms with Gasteiger partial charge in [0.05, 0.1) is 11.4 Å². The highest BCUT2D eigenvalue weighted by atomic mass is 16.3. The predicted octanol–water partition coefficient (Wildman–Crippen LogP) is 16.5. The zero-order chi connectivity index (χ0) is 40.4. The molecule has 0 bridgehead atoms. The molecule has 0 radical (unpaired) electrons. The van der Waals surface area contributed by atoms with Crippen LogP contribution < -0.4 is 4.90 Å². The average molecular weight is 784 g/mol. The topological polar surface area (TPSA) is 42.7 Å². The lowest BCUT2D eigenvalue weighted by Crippen LogP contribution is -2.16. The smallest absolute Gasteiger partial charge is 0.159 e. The van der Waals surface area contributed by atoms with Crippen molar-refractivity contribution in [3.63, 3.8) is 0 Å². The molecule has 0 atom stereocenters. The summed E-state index contributed by atoms with van der Waals surface area (Å²) in [5.41, 5.74) is 17.4. The van der Waals surface area contributed by atoms with Gasteiger partial charge in [-0.05, 0) is 87.5 Å². The second-order valence-corrected chi connectivity index (χ2v) is 16.8. The van der Waals surface area contributed by atoms with Crippen molar-refractivity contribution in [2.24, 2.45) is 0 Å². The van der Waals surface area contributed by atoms with Crippen LogP contribution in [-0.4, -0.2) is 0 Å². The lowest BCUT2D eigenvalue weighted by Gasteiger charge is -2.28. The van der Waals surface area contributed by atoms with Gasteiger partial charge in [0.2, 0.25) is 0 Å². The summed E-state index contributed by atoms with van der Waals surface area (Å²) < 4.78 is 20.6. The van der Waals surface area contributed by atoms with Crippen molar-refractivity contribution < 1.29 is 13.3 Å². The molecule has 61 heavy (non-hydrogen) atoms. The second kappa shape index (κ2) is 12.6. The van der Waals surface area contributed by atoms with E-state index in [1.807, 2.05) is 24.3 Å². The number of nitrogens with zero attached hydrogens (tertiary/aromatic N) is 1. The van der Waals surface area contributed by atoms with Gasteiger partial charge in [-0.15, -0.1) is 0 Å². The third kappa shape index (κ3) is 4.87. The zero-order valence-corrected chi connectivity index (χ0v) is 33.6. The van der Waals surface area contributed by atoms with Crippen LogP contribution in [0.25, 0.3) is 99.2 Å². The number of hydrogen-bond acceptors (Lipinski definition) is 4. The Hall–Kier alpha value is -7.82. The minimum atomic E-state index is -0.171. The fourth-order valence-electron chi connectivity index (χ4n) is 10.2. The minimum absolute atomic E-state index is 0.171. The van der Waals surface area contributed by atoms with Gasteiger partial charge in [0.15, 0.2) is 5.58 Å². The molecule has 12 aromatic rings. The molecule has 4 nitrogen and oxygen atoms in total. The van der Waals surface area contributed by atoms with Crippen LogP contribution in [0, 0.1) is 0 Å². The molecule has 0 fully saturated rings. The Bertz CT molecular complexity index is 3750. The van der Waals surface area contributed by atoms with E-state index in [1.54, 1.807) is 0 Å². The molecular formula is C57H37NO3. The van der Waals surface area contributed by atoms with Crippen LogP contribution >= 0.6 is 0 Å². The Balaban J connectivity index is 1.08. The Morgan fingerprint density at radius 3 is 1.85 bits per heavy atom. The maximum atomic E-state index is 7.21. The molecule has 3 heterocycles. The molecule has 288 valence electrons. The monoisotopic (exact) mass is 783 g/mol. The Morgan fingerprint density at radius 2 is 1.00 bits per heavy atom. The van der Waals surface area contributed by atoms with Gasteiger partial charge in [-0.25, -0.2) is 0 Å². The van der Waals surface area contributed by atoms with Crippen LogP contribution in [0.4, 0.5) is 17.1 Å². The normalized spacial score (nSPS) is 13.2. The summed E-state index contributed by atoms with van der Waals surface area (Å²) >= 11 is 0. The van der Waals surface area contributed by atoms with Crippen LogP contribution in [0.5, 0.6) is 0 Å². The molecule has 9 aromatic carbocycles. The van der Waals surface area contributed by atoms with Crippen molar-refractivity contribution in [1.29, 1.82) is 0 Å². The number of para-hydroxylation sites is 3. The quantitative estimate of drug-likeness (QED) is 0.174. The number of benzene rings is 9. The van der Waals surface area contributed by atoms with Gasteiger partial charge in [0, 0.05) is 55.0 Å². The number of fused-ring (bicyclic) bond motifs is 12. The van der Waals surface area contributed by atoms with Crippen molar-refractivity contribution in [1.82, 2.24) is 0 Å². The van der Waals surface area contributed by atoms with Gasteiger partial charge in [-0.2, -0.15) is 0 Å². The van der Waals surface area contributed by atoms with E-state index in [0.717, 1.165) is 105 Å². The Morgan fingerprint density at radius 1 is 0.377 bits per heavy atom. The molecule has 0 N–H and O–H groups in total. The second-order valence-electron chi connectivity index (χ2n) is 16.8. The molecule has 1 aliphatic carbocycles. The fraction of sp³-hybridized carbons (Fsp3) is 0.0526. The minimum Gasteiger partial charge on any atom is -0.456 e. The van der Waals surface area contributed by atoms with E-state index < -0.39 is 0 Å². The van der Waals surface area contributed by atoms with Crippen LogP contribution in [0.1, 0.15) is 25.0 Å². The standard InChI is InChI=1S/C57H37NO3/c1-57(2)46-23-11-8-18-38(46)39-29-27-35(31-47(39)57)58(48-24-14-22-43-40-19-9-12-25-49(40)60-55(43)48)36-28-30-41-45-33-52-53(44-21-10-13-26-50(44)59-52)54(56(45)61-51(41)32-36)42-20-7-6-17-37(42)34-15-4-3-5-16-34/h3-33H,1-2H3. The van der Waals surface area contributed by atoms with E-state index in [2.05, 4.69) is 183 Å². The lowest BCUT2D eigenvalue weighted by atomic mass is 9.82. The first kappa shape index (κ1) is 34.1. The zero-order valence-electron chi connectivity index (χ0n) is 33.6. The third-order valence-corrected chi connectivity index (χ3v) is 13.1. The summed E-state index contributed by atoms with van der Waals surface area (Å²) in [4.78, 5) is 2.33. The summed E-state index contributed by atoms with van der Waals surface area (Å²) in [6.45, 7) is 4.67. The maximum absolute atomic E-state index is 7.21. The molecule has 0 saturated carbocycles. The van der Waals surface area contributed by atoms with Gasteiger partial charge in [0.1, 0.15) is 27.9 Å². The van der Waals surface area contributed by atoms with E-state index in [9.17, 15) is 0 Å². The molecule has 0 aliphatic heterocycles.